The zero-order valence-electron chi connectivity index (χ0n) is 10.6. The molecule has 1 aromatic carbocycles. The predicted octanol–water partition coefficient (Wildman–Crippen LogP) is 3.64. The summed E-state index contributed by atoms with van der Waals surface area (Å²) < 4.78 is 27.1. The van der Waals surface area contributed by atoms with Crippen LogP contribution in [-0.4, -0.2) is 8.42 Å². The zero-order valence-corrected chi connectivity index (χ0v) is 12.9. The van der Waals surface area contributed by atoms with Crippen molar-refractivity contribution in [1.82, 2.24) is 0 Å². The van der Waals surface area contributed by atoms with E-state index >= 15 is 0 Å². The van der Waals surface area contributed by atoms with Gasteiger partial charge in [0.05, 0.1) is 11.3 Å². The van der Waals surface area contributed by atoms with Crippen LogP contribution < -0.4 is 4.72 Å². The molecule has 1 aromatic heterocycles. The van der Waals surface area contributed by atoms with Crippen molar-refractivity contribution < 1.29 is 8.42 Å². The van der Waals surface area contributed by atoms with E-state index in [1.54, 1.807) is 12.1 Å². The number of nitriles is 1. The first kappa shape index (κ1) is 14.9. The molecule has 0 radical (unpaired) electrons. The van der Waals surface area contributed by atoms with E-state index < -0.39 is 10.0 Å². The quantitative estimate of drug-likeness (QED) is 0.932. The Hall–Kier alpha value is -1.55. The van der Waals surface area contributed by atoms with Gasteiger partial charge in [0.25, 0.3) is 10.0 Å². The van der Waals surface area contributed by atoms with E-state index in [-0.39, 0.29) is 15.5 Å². The lowest BCUT2D eigenvalue weighted by atomic mass is 10.2. The maximum absolute atomic E-state index is 12.3. The van der Waals surface area contributed by atoms with E-state index in [4.69, 9.17) is 16.9 Å². The molecule has 0 aliphatic rings. The van der Waals surface area contributed by atoms with Gasteiger partial charge in [-0.2, -0.15) is 5.26 Å². The van der Waals surface area contributed by atoms with Crippen LogP contribution in [0.1, 0.15) is 17.4 Å². The number of nitrogens with zero attached hydrogens (tertiary/aromatic N) is 1. The number of sulfonamides is 1. The molecule has 0 atom stereocenters. The molecule has 0 amide bonds. The minimum Gasteiger partial charge on any atom is -0.278 e. The summed E-state index contributed by atoms with van der Waals surface area (Å²) in [6.45, 7) is 1.96. The normalized spacial score (nSPS) is 11.1. The summed E-state index contributed by atoms with van der Waals surface area (Å²) in [6, 6.07) is 9.71. The van der Waals surface area contributed by atoms with Crippen molar-refractivity contribution >= 4 is 38.6 Å². The molecule has 4 nitrogen and oxygen atoms in total. The molecule has 0 saturated carbocycles. The molecule has 104 valence electrons. The van der Waals surface area contributed by atoms with Crippen molar-refractivity contribution in [1.29, 1.82) is 5.26 Å². The van der Waals surface area contributed by atoms with E-state index in [2.05, 4.69) is 4.72 Å². The number of anilines is 1. The van der Waals surface area contributed by atoms with E-state index in [9.17, 15) is 8.42 Å². The molecule has 0 spiro atoms. The maximum Gasteiger partial charge on any atom is 0.271 e. The Morgan fingerprint density at radius 2 is 2.10 bits per heavy atom. The topological polar surface area (TPSA) is 70.0 Å². The fourth-order valence-corrected chi connectivity index (χ4v) is 4.12. The monoisotopic (exact) mass is 326 g/mol. The van der Waals surface area contributed by atoms with Gasteiger partial charge in [-0.25, -0.2) is 8.42 Å². The lowest BCUT2D eigenvalue weighted by molar-refractivity contribution is 0.603. The van der Waals surface area contributed by atoms with Gasteiger partial charge in [-0.15, -0.1) is 11.3 Å². The Bertz CT molecular complexity index is 776. The van der Waals surface area contributed by atoms with E-state index in [0.29, 0.717) is 5.02 Å². The minimum absolute atomic E-state index is 0.187. The van der Waals surface area contributed by atoms with Gasteiger partial charge in [-0.05, 0) is 36.8 Å². The Morgan fingerprint density at radius 3 is 2.70 bits per heavy atom. The first-order valence-corrected chi connectivity index (χ1v) is 8.45. The van der Waals surface area contributed by atoms with Crippen LogP contribution in [-0.2, 0) is 16.4 Å². The first-order valence-electron chi connectivity index (χ1n) is 5.77. The van der Waals surface area contributed by atoms with Gasteiger partial charge in [0.15, 0.2) is 0 Å². The number of thiophene rings is 1. The Labute approximate surface area is 126 Å². The Balaban J connectivity index is 2.38. The zero-order chi connectivity index (χ0) is 14.8. The minimum atomic E-state index is -3.69. The van der Waals surface area contributed by atoms with Crippen LogP contribution in [0.25, 0.3) is 0 Å². The third kappa shape index (κ3) is 3.12. The summed E-state index contributed by atoms with van der Waals surface area (Å²) in [5.41, 5.74) is 0.414. The largest absolute Gasteiger partial charge is 0.278 e. The fourth-order valence-electron chi connectivity index (χ4n) is 1.59. The van der Waals surface area contributed by atoms with Crippen LogP contribution in [0.15, 0.2) is 34.5 Å². The van der Waals surface area contributed by atoms with E-state index in [1.165, 1.54) is 29.5 Å². The van der Waals surface area contributed by atoms with E-state index in [1.807, 2.05) is 13.0 Å². The summed E-state index contributed by atoms with van der Waals surface area (Å²) in [6.07, 6.45) is 0.779. The lowest BCUT2D eigenvalue weighted by Gasteiger charge is -2.08. The van der Waals surface area contributed by atoms with Crippen molar-refractivity contribution in [2.75, 3.05) is 4.72 Å². The second kappa shape index (κ2) is 5.83. The van der Waals surface area contributed by atoms with Crippen LogP contribution in [0.3, 0.4) is 0 Å². The lowest BCUT2D eigenvalue weighted by Crippen LogP contribution is -2.12. The molecule has 2 rings (SSSR count). The highest BCUT2D eigenvalue weighted by molar-refractivity contribution is 7.94. The van der Waals surface area contributed by atoms with Gasteiger partial charge in [0, 0.05) is 9.90 Å². The molecule has 0 fully saturated rings. The molecule has 1 N–H and O–H groups in total. The van der Waals surface area contributed by atoms with Crippen LogP contribution in [0, 0.1) is 11.3 Å². The molecule has 2 aromatic rings. The molecule has 7 heteroatoms. The number of hydrogen-bond donors (Lipinski definition) is 1. The Morgan fingerprint density at radius 1 is 1.35 bits per heavy atom. The first-order chi connectivity index (χ1) is 9.46. The van der Waals surface area contributed by atoms with Crippen molar-refractivity contribution in [2.45, 2.75) is 17.6 Å². The molecule has 0 aliphatic carbocycles. The average molecular weight is 327 g/mol. The maximum atomic E-state index is 12.3. The molecule has 0 bridgehead atoms. The third-order valence-corrected chi connectivity index (χ3v) is 5.92. The van der Waals surface area contributed by atoms with Crippen molar-refractivity contribution in [3.63, 3.8) is 0 Å². The highest BCUT2D eigenvalue weighted by Crippen LogP contribution is 2.27. The molecule has 20 heavy (non-hydrogen) atoms. The summed E-state index contributed by atoms with van der Waals surface area (Å²) in [7, 11) is -3.69. The summed E-state index contributed by atoms with van der Waals surface area (Å²) in [5.74, 6) is 0. The highest BCUT2D eigenvalue weighted by atomic mass is 35.5. The van der Waals surface area contributed by atoms with Crippen molar-refractivity contribution in [3.05, 3.63) is 45.8 Å². The molecule has 1 heterocycles. The van der Waals surface area contributed by atoms with Crippen LogP contribution >= 0.6 is 22.9 Å². The SMILES string of the molecule is CCc1ccc(S(=O)(=O)Nc2cc(Cl)ccc2C#N)s1. The standard InChI is InChI=1S/C13H11ClN2O2S2/c1-2-11-5-6-13(19-11)20(17,18)16-12-7-10(14)4-3-9(12)8-15/h3-7,16H,2H2,1H3. The van der Waals surface area contributed by atoms with Crippen LogP contribution in [0.5, 0.6) is 0 Å². The number of halogens is 1. The van der Waals surface area contributed by atoms with Crippen molar-refractivity contribution in [3.8, 4) is 6.07 Å². The highest BCUT2D eigenvalue weighted by Gasteiger charge is 2.18. The summed E-state index contributed by atoms with van der Waals surface area (Å²) in [5, 5.41) is 9.36. The van der Waals surface area contributed by atoms with Gasteiger partial charge >= 0.3 is 0 Å². The summed E-state index contributed by atoms with van der Waals surface area (Å²) >= 11 is 7.04. The van der Waals surface area contributed by atoms with E-state index in [0.717, 1.165) is 11.3 Å². The predicted molar refractivity (Wildman–Crippen MR) is 80.7 cm³/mol. The molecule has 0 saturated heterocycles. The number of benzene rings is 1. The van der Waals surface area contributed by atoms with Gasteiger partial charge < -0.3 is 0 Å². The number of aryl methyl sites for hydroxylation is 1. The smallest absolute Gasteiger partial charge is 0.271 e. The van der Waals surface area contributed by atoms with Crippen LogP contribution in [0.4, 0.5) is 5.69 Å². The Kier molecular flexibility index (Phi) is 4.33. The number of rotatable bonds is 4. The number of nitrogens with one attached hydrogen (secondary N) is 1. The summed E-state index contributed by atoms with van der Waals surface area (Å²) in [4.78, 5) is 0.983. The van der Waals surface area contributed by atoms with Gasteiger partial charge in [0.2, 0.25) is 0 Å². The van der Waals surface area contributed by atoms with Gasteiger partial charge in [-0.3, -0.25) is 4.72 Å². The fraction of sp³-hybridized carbons (Fsp3) is 0.154. The molecule has 0 unspecified atom stereocenters. The molecular weight excluding hydrogens is 316 g/mol. The van der Waals surface area contributed by atoms with Gasteiger partial charge in [-0.1, -0.05) is 18.5 Å². The van der Waals surface area contributed by atoms with Gasteiger partial charge in [0.1, 0.15) is 10.3 Å². The average Bonchev–Trinajstić information content (AvgIpc) is 2.88. The van der Waals surface area contributed by atoms with Crippen LogP contribution in [0.2, 0.25) is 5.02 Å². The molecule has 0 aliphatic heterocycles. The van der Waals surface area contributed by atoms with Crippen molar-refractivity contribution in [2.24, 2.45) is 0 Å². The second-order valence-electron chi connectivity index (χ2n) is 3.98. The number of hydrogen-bond acceptors (Lipinski definition) is 4. The second-order valence-corrected chi connectivity index (χ2v) is 7.50. The third-order valence-electron chi connectivity index (χ3n) is 2.60. The molecular formula is C13H11ClN2O2S2.